The van der Waals surface area contributed by atoms with Crippen molar-refractivity contribution in [3.8, 4) is 5.69 Å². The van der Waals surface area contributed by atoms with Gasteiger partial charge in [-0.25, -0.2) is 4.68 Å². The Labute approximate surface area is 136 Å². The molecule has 6 nitrogen and oxygen atoms in total. The number of aromatic nitrogens is 4. The molecule has 1 atom stereocenters. The van der Waals surface area contributed by atoms with Crippen LogP contribution in [0.15, 0.2) is 30.6 Å². The van der Waals surface area contributed by atoms with E-state index in [1.165, 1.54) is 6.33 Å². The molecule has 2 aromatic rings. The number of hydrogen-bond acceptors (Lipinski definition) is 4. The summed E-state index contributed by atoms with van der Waals surface area (Å²) in [4.78, 5) is 14.9. The van der Waals surface area contributed by atoms with Crippen LogP contribution in [-0.4, -0.2) is 43.6 Å². The molecule has 0 spiro atoms. The van der Waals surface area contributed by atoms with E-state index in [1.807, 2.05) is 29.2 Å². The first-order valence-corrected chi connectivity index (χ1v) is 8.08. The summed E-state index contributed by atoms with van der Waals surface area (Å²) in [7, 11) is 0. The zero-order valence-corrected chi connectivity index (χ0v) is 13.9. The first kappa shape index (κ1) is 15.6. The lowest BCUT2D eigenvalue weighted by molar-refractivity contribution is 0.0704. The summed E-state index contributed by atoms with van der Waals surface area (Å²) < 4.78 is 1.58. The molecule has 0 bridgehead atoms. The number of rotatable bonds is 3. The van der Waals surface area contributed by atoms with Crippen LogP contribution in [0.3, 0.4) is 0 Å². The number of amides is 1. The zero-order chi connectivity index (χ0) is 16.4. The molecule has 1 amide bonds. The van der Waals surface area contributed by atoms with Crippen molar-refractivity contribution in [2.24, 2.45) is 5.41 Å². The summed E-state index contributed by atoms with van der Waals surface area (Å²) in [5, 5.41) is 11.1. The van der Waals surface area contributed by atoms with E-state index in [4.69, 9.17) is 0 Å². The monoisotopic (exact) mass is 313 g/mol. The van der Waals surface area contributed by atoms with Gasteiger partial charge in [0.05, 0.1) is 5.69 Å². The van der Waals surface area contributed by atoms with Gasteiger partial charge in [-0.15, -0.1) is 5.10 Å². The molecule has 1 aromatic carbocycles. The third-order valence-corrected chi connectivity index (χ3v) is 4.21. The number of nitrogens with zero attached hydrogens (tertiary/aromatic N) is 5. The minimum atomic E-state index is 0.125. The van der Waals surface area contributed by atoms with Crippen molar-refractivity contribution in [3.05, 3.63) is 36.2 Å². The predicted octanol–water partition coefficient (Wildman–Crippen LogP) is 2.70. The lowest BCUT2D eigenvalue weighted by Gasteiger charge is -2.30. The van der Waals surface area contributed by atoms with Crippen LogP contribution >= 0.6 is 0 Å². The second-order valence-electron chi connectivity index (χ2n) is 7.36. The van der Waals surface area contributed by atoms with E-state index in [-0.39, 0.29) is 11.3 Å². The Hall–Kier alpha value is -2.24. The molecule has 1 saturated heterocycles. The van der Waals surface area contributed by atoms with E-state index in [1.54, 1.807) is 4.68 Å². The van der Waals surface area contributed by atoms with Crippen molar-refractivity contribution < 1.29 is 4.79 Å². The zero-order valence-electron chi connectivity index (χ0n) is 13.9. The van der Waals surface area contributed by atoms with Gasteiger partial charge in [-0.2, -0.15) is 0 Å². The minimum Gasteiger partial charge on any atom is -0.336 e. The Balaban J connectivity index is 1.74. The molecule has 0 aliphatic carbocycles. The molecule has 1 aromatic heterocycles. The summed E-state index contributed by atoms with van der Waals surface area (Å²) in [6.45, 7) is 7.55. The average molecular weight is 313 g/mol. The van der Waals surface area contributed by atoms with E-state index in [2.05, 4.69) is 36.3 Å². The topological polar surface area (TPSA) is 63.9 Å². The second kappa shape index (κ2) is 6.10. The lowest BCUT2D eigenvalue weighted by Crippen LogP contribution is -2.37. The largest absolute Gasteiger partial charge is 0.336 e. The average Bonchev–Trinajstić information content (AvgIpc) is 3.16. The molecular formula is C17H23N5O. The maximum atomic E-state index is 12.8. The van der Waals surface area contributed by atoms with Gasteiger partial charge in [0.15, 0.2) is 0 Å². The molecule has 2 heterocycles. The highest BCUT2D eigenvalue weighted by Gasteiger charge is 2.32. The first-order valence-electron chi connectivity index (χ1n) is 8.08. The van der Waals surface area contributed by atoms with Crippen LogP contribution in [0.5, 0.6) is 0 Å². The van der Waals surface area contributed by atoms with Gasteiger partial charge < -0.3 is 4.90 Å². The predicted molar refractivity (Wildman–Crippen MR) is 87.3 cm³/mol. The van der Waals surface area contributed by atoms with E-state index in [0.717, 1.165) is 37.1 Å². The number of tetrazole rings is 1. The van der Waals surface area contributed by atoms with Gasteiger partial charge in [-0.05, 0) is 59.4 Å². The fraction of sp³-hybridized carbons (Fsp3) is 0.529. The van der Waals surface area contributed by atoms with Crippen LogP contribution in [-0.2, 0) is 0 Å². The van der Waals surface area contributed by atoms with Gasteiger partial charge >= 0.3 is 0 Å². The molecule has 122 valence electrons. The van der Waals surface area contributed by atoms with Crippen molar-refractivity contribution in [3.63, 3.8) is 0 Å². The van der Waals surface area contributed by atoms with Gasteiger partial charge in [-0.1, -0.05) is 20.8 Å². The Bertz CT molecular complexity index is 657. The third-order valence-electron chi connectivity index (χ3n) is 4.21. The summed E-state index contributed by atoms with van der Waals surface area (Å²) in [5.74, 6) is 0.125. The molecule has 0 unspecified atom stereocenters. The fourth-order valence-corrected chi connectivity index (χ4v) is 3.22. The van der Waals surface area contributed by atoms with Crippen LogP contribution in [0.25, 0.3) is 5.69 Å². The molecular weight excluding hydrogens is 290 g/mol. The molecule has 0 radical (unpaired) electrons. The highest BCUT2D eigenvalue weighted by Crippen LogP contribution is 2.30. The molecule has 1 fully saturated rings. The number of carbonyl (C=O) groups is 1. The van der Waals surface area contributed by atoms with Crippen molar-refractivity contribution in [2.75, 3.05) is 6.54 Å². The summed E-state index contributed by atoms with van der Waals surface area (Å²) in [6.07, 6.45) is 4.78. The van der Waals surface area contributed by atoms with Gasteiger partial charge in [0.2, 0.25) is 0 Å². The standard InChI is InChI=1S/C17H23N5O/c1-17(2,3)11-15-5-4-10-21(15)16(23)13-6-8-14(9-7-13)22-12-18-19-20-22/h6-9,12,15H,4-5,10-11H2,1-3H3/t15-/m1/s1. The van der Waals surface area contributed by atoms with E-state index < -0.39 is 0 Å². The maximum absolute atomic E-state index is 12.8. The second-order valence-corrected chi connectivity index (χ2v) is 7.36. The van der Waals surface area contributed by atoms with Gasteiger partial charge in [0.1, 0.15) is 6.33 Å². The third kappa shape index (κ3) is 3.57. The first-order chi connectivity index (χ1) is 10.9. The van der Waals surface area contributed by atoms with Crippen LogP contribution in [0.4, 0.5) is 0 Å². The molecule has 1 aliphatic rings. The minimum absolute atomic E-state index is 0.125. The maximum Gasteiger partial charge on any atom is 0.254 e. The molecule has 0 saturated carbocycles. The van der Waals surface area contributed by atoms with Gasteiger partial charge in [-0.3, -0.25) is 4.79 Å². The van der Waals surface area contributed by atoms with Gasteiger partial charge in [0, 0.05) is 18.2 Å². The Morgan fingerprint density at radius 2 is 2.00 bits per heavy atom. The van der Waals surface area contributed by atoms with Crippen LogP contribution in [0, 0.1) is 5.41 Å². The quantitative estimate of drug-likeness (QED) is 0.874. The summed E-state index contributed by atoms with van der Waals surface area (Å²) in [5.41, 5.74) is 1.80. The van der Waals surface area contributed by atoms with Crippen LogP contribution < -0.4 is 0 Å². The number of benzene rings is 1. The summed E-state index contributed by atoms with van der Waals surface area (Å²) >= 11 is 0. The van der Waals surface area contributed by atoms with Crippen molar-refractivity contribution in [1.29, 1.82) is 0 Å². The summed E-state index contributed by atoms with van der Waals surface area (Å²) in [6, 6.07) is 7.80. The smallest absolute Gasteiger partial charge is 0.254 e. The van der Waals surface area contributed by atoms with Crippen LogP contribution in [0.1, 0.15) is 50.4 Å². The van der Waals surface area contributed by atoms with E-state index in [9.17, 15) is 4.79 Å². The van der Waals surface area contributed by atoms with Crippen LogP contribution in [0.2, 0.25) is 0 Å². The molecule has 23 heavy (non-hydrogen) atoms. The normalized spacial score (nSPS) is 18.4. The fourth-order valence-electron chi connectivity index (χ4n) is 3.22. The number of carbonyl (C=O) groups excluding carboxylic acids is 1. The Morgan fingerprint density at radius 3 is 2.61 bits per heavy atom. The molecule has 1 aliphatic heterocycles. The van der Waals surface area contributed by atoms with E-state index in [0.29, 0.717) is 6.04 Å². The van der Waals surface area contributed by atoms with Gasteiger partial charge in [0.25, 0.3) is 5.91 Å². The van der Waals surface area contributed by atoms with Crippen molar-refractivity contribution >= 4 is 5.91 Å². The molecule has 3 rings (SSSR count). The Morgan fingerprint density at radius 1 is 1.26 bits per heavy atom. The molecule has 6 heteroatoms. The molecule has 0 N–H and O–H groups in total. The lowest BCUT2D eigenvalue weighted by atomic mass is 9.87. The highest BCUT2D eigenvalue weighted by atomic mass is 16.2. The van der Waals surface area contributed by atoms with Crippen molar-refractivity contribution in [2.45, 2.75) is 46.1 Å². The SMILES string of the molecule is CC(C)(C)C[C@H]1CCCN1C(=O)c1ccc(-n2cnnn2)cc1. The van der Waals surface area contributed by atoms with Crippen molar-refractivity contribution in [1.82, 2.24) is 25.1 Å². The number of likely N-dealkylation sites (tertiary alicyclic amines) is 1. The number of hydrogen-bond donors (Lipinski definition) is 0. The van der Waals surface area contributed by atoms with E-state index >= 15 is 0 Å². The highest BCUT2D eigenvalue weighted by molar-refractivity contribution is 5.94. The Kier molecular flexibility index (Phi) is 4.15.